The minimum Gasteiger partial charge on any atom is -0.495 e. The van der Waals surface area contributed by atoms with E-state index < -0.39 is 70.5 Å². The molecule has 0 radical (unpaired) electrons. The van der Waals surface area contributed by atoms with Gasteiger partial charge in [0.2, 0.25) is 5.95 Å². The van der Waals surface area contributed by atoms with E-state index in [-0.39, 0.29) is 76.8 Å². The molecule has 308 valence electrons. The molecular formula is C30H40N5O18P3. The number of aromatic nitrogens is 3. The maximum Gasteiger partial charge on any atom is 0.490 e. The second-order valence-electron chi connectivity index (χ2n) is 13.5. The molecule has 23 nitrogen and oxygen atoms in total. The van der Waals surface area contributed by atoms with Gasteiger partial charge in [-0.25, -0.2) is 13.7 Å². The van der Waals surface area contributed by atoms with Gasteiger partial charge >= 0.3 is 23.5 Å². The van der Waals surface area contributed by atoms with Crippen molar-refractivity contribution in [3.8, 4) is 17.6 Å². The first kappa shape index (κ1) is 44.9. The number of nitro benzene ring substituents is 1. The van der Waals surface area contributed by atoms with Crippen LogP contribution in [0.15, 0.2) is 23.1 Å². The molecular weight excluding hydrogens is 811 g/mol. The number of aliphatic hydroxyl groups excluding tert-OH is 1. The number of nitrogens with one attached hydrogen (secondary N) is 1. The molecule has 1 fully saturated rings. The predicted octanol–water partition coefficient (Wildman–Crippen LogP) is 3.24. The van der Waals surface area contributed by atoms with Crippen molar-refractivity contribution in [2.75, 3.05) is 19.5 Å². The molecule has 2 unspecified atom stereocenters. The first-order valence-electron chi connectivity index (χ1n) is 16.3. The number of nitrogen functional groups attached to an aromatic ring is 1. The van der Waals surface area contributed by atoms with E-state index in [1.165, 1.54) is 36.9 Å². The van der Waals surface area contributed by atoms with Gasteiger partial charge < -0.3 is 49.2 Å². The smallest absolute Gasteiger partial charge is 0.490 e. The first-order chi connectivity index (χ1) is 25.8. The van der Waals surface area contributed by atoms with Crippen LogP contribution in [0, 0.1) is 27.4 Å². The van der Waals surface area contributed by atoms with Crippen molar-refractivity contribution in [2.45, 2.75) is 78.1 Å². The standard InChI is InChI=1S/C30H40N5O18P3/c1-16(36)8-6-7-9-17-10-20(35(39)40)19(11-22(17)48-5)26(30(2,3)4)49-14-18-13-34(27-25(18)28(38)33-29(31)32-27)24-12-21(37)23(51-24)15-50-55(44,45)53-56(46,47)52-54(41,42)43/h10-11,13,21,23-24,26,37H,6,8,12,14-15H2,1-5H3,(H,44,45)(H,46,47)(H2,41,42,43)(H3,31,32,33,38)/t21-,23-,24-,26-/m1/s1. The third-order valence-corrected chi connectivity index (χ3v) is 11.8. The number of benzene rings is 1. The number of hydrogen-bond donors (Lipinski definition) is 7. The highest BCUT2D eigenvalue weighted by molar-refractivity contribution is 7.66. The first-order valence-corrected chi connectivity index (χ1v) is 20.8. The molecule has 1 aliphatic rings. The van der Waals surface area contributed by atoms with Crippen molar-refractivity contribution >= 4 is 51.9 Å². The number of phosphoric ester groups is 1. The lowest BCUT2D eigenvalue weighted by atomic mass is 9.83. The summed E-state index contributed by atoms with van der Waals surface area (Å²) in [5.74, 6) is 5.50. The van der Waals surface area contributed by atoms with Gasteiger partial charge in [0.15, 0.2) is 5.65 Å². The lowest BCUT2D eigenvalue weighted by Gasteiger charge is -2.31. The number of rotatable bonds is 16. The number of hydrogen-bond acceptors (Lipinski definition) is 16. The number of H-pyrrole nitrogens is 1. The summed E-state index contributed by atoms with van der Waals surface area (Å²) in [5.41, 5.74) is 4.54. The largest absolute Gasteiger partial charge is 0.495 e. The number of nitrogens with zero attached hydrogens (tertiary/aromatic N) is 3. The molecule has 6 atom stereocenters. The number of carbonyl (C=O) groups is 1. The van der Waals surface area contributed by atoms with E-state index in [2.05, 4.69) is 35.0 Å². The van der Waals surface area contributed by atoms with Gasteiger partial charge in [-0.1, -0.05) is 32.6 Å². The Morgan fingerprint density at radius 1 is 1.20 bits per heavy atom. The summed E-state index contributed by atoms with van der Waals surface area (Å²) < 4.78 is 65.8. The van der Waals surface area contributed by atoms with Crippen molar-refractivity contribution in [1.29, 1.82) is 0 Å². The molecule has 0 bridgehead atoms. The van der Waals surface area contributed by atoms with Crippen LogP contribution in [0.3, 0.4) is 0 Å². The molecule has 3 aromatic rings. The molecule has 8 N–H and O–H groups in total. The maximum atomic E-state index is 13.2. The van der Waals surface area contributed by atoms with Crippen LogP contribution in [-0.2, 0) is 47.7 Å². The number of methoxy groups -OCH3 is 1. The van der Waals surface area contributed by atoms with Gasteiger partial charge in [-0.15, -0.1) is 0 Å². The summed E-state index contributed by atoms with van der Waals surface area (Å²) in [6.07, 6.45) is -3.36. The van der Waals surface area contributed by atoms with Crippen LogP contribution in [0.25, 0.3) is 11.0 Å². The quantitative estimate of drug-likeness (QED) is 0.0470. The molecule has 0 spiro atoms. The maximum absolute atomic E-state index is 13.2. The van der Waals surface area contributed by atoms with Crippen molar-refractivity contribution in [3.05, 3.63) is 55.5 Å². The van der Waals surface area contributed by atoms with Crippen LogP contribution in [-0.4, -0.2) is 75.8 Å². The molecule has 0 amide bonds. The van der Waals surface area contributed by atoms with E-state index in [0.717, 1.165) is 0 Å². The van der Waals surface area contributed by atoms with E-state index in [1.807, 2.05) is 0 Å². The van der Waals surface area contributed by atoms with Crippen LogP contribution >= 0.6 is 23.5 Å². The van der Waals surface area contributed by atoms with E-state index in [9.17, 15) is 48.3 Å². The molecule has 4 rings (SSSR count). The zero-order valence-electron chi connectivity index (χ0n) is 30.4. The number of nitrogens with two attached hydrogens (primary N) is 1. The van der Waals surface area contributed by atoms with Gasteiger partial charge in [0.1, 0.15) is 23.9 Å². The molecule has 1 aromatic carbocycles. The second-order valence-corrected chi connectivity index (χ2v) is 17.9. The van der Waals surface area contributed by atoms with Crippen LogP contribution in [0.2, 0.25) is 0 Å². The summed E-state index contributed by atoms with van der Waals surface area (Å²) in [5, 5.41) is 23.1. The fourth-order valence-electron chi connectivity index (χ4n) is 5.68. The van der Waals surface area contributed by atoms with Crippen LogP contribution in [0.4, 0.5) is 11.6 Å². The zero-order chi connectivity index (χ0) is 42.0. The average molecular weight is 852 g/mol. The van der Waals surface area contributed by atoms with Gasteiger partial charge in [0.25, 0.3) is 11.2 Å². The van der Waals surface area contributed by atoms with E-state index in [4.69, 9.17) is 29.7 Å². The summed E-state index contributed by atoms with van der Waals surface area (Å²) >= 11 is 0. The summed E-state index contributed by atoms with van der Waals surface area (Å²) in [4.78, 5) is 79.6. The minimum absolute atomic E-state index is 0.0232. The fourth-order valence-corrected chi connectivity index (χ4v) is 8.71. The van der Waals surface area contributed by atoms with E-state index in [1.54, 1.807) is 20.8 Å². The monoisotopic (exact) mass is 851 g/mol. The van der Waals surface area contributed by atoms with Gasteiger partial charge in [0.05, 0.1) is 54.0 Å². The minimum atomic E-state index is -5.80. The van der Waals surface area contributed by atoms with E-state index in [0.29, 0.717) is 0 Å². The van der Waals surface area contributed by atoms with Gasteiger partial charge in [-0.3, -0.25) is 29.2 Å². The zero-order valence-corrected chi connectivity index (χ0v) is 33.1. The Kier molecular flexibility index (Phi) is 13.9. The highest BCUT2D eigenvalue weighted by Gasteiger charge is 2.43. The topological polar surface area (TPSA) is 345 Å². The number of fused-ring (bicyclic) bond motifs is 1. The van der Waals surface area contributed by atoms with Crippen molar-refractivity contribution in [2.24, 2.45) is 5.41 Å². The molecule has 56 heavy (non-hydrogen) atoms. The number of carbonyl (C=O) groups excluding carboxylic acids is 1. The molecule has 0 aliphatic carbocycles. The summed E-state index contributed by atoms with van der Waals surface area (Å²) in [6.45, 7) is 5.46. The van der Waals surface area contributed by atoms with Crippen molar-refractivity contribution in [3.63, 3.8) is 0 Å². The number of aliphatic hydroxyl groups is 1. The van der Waals surface area contributed by atoms with Crippen LogP contribution in [0.1, 0.15) is 76.0 Å². The lowest BCUT2D eigenvalue weighted by Crippen LogP contribution is -2.26. The SMILES string of the molecule is COc1cc([C@@H](OCc2cn([C@H]3C[C@@H](O)[C@@H](COP(=O)(O)OP(=O)(O)OP(=O)(O)O)O3)c3nc(N)[nH]c(=O)c23)C(C)(C)C)c([N+](=O)[O-])cc1C#CCCC(C)=O. The van der Waals surface area contributed by atoms with Gasteiger partial charge in [-0.2, -0.15) is 13.6 Å². The van der Waals surface area contributed by atoms with Gasteiger partial charge in [-0.05, 0) is 18.4 Å². The van der Waals surface area contributed by atoms with Crippen molar-refractivity contribution in [1.82, 2.24) is 14.5 Å². The second kappa shape index (κ2) is 17.3. The molecule has 26 heteroatoms. The third-order valence-electron chi connectivity index (χ3n) is 7.96. The van der Waals surface area contributed by atoms with Crippen LogP contribution < -0.4 is 16.0 Å². The lowest BCUT2D eigenvalue weighted by molar-refractivity contribution is -0.386. The molecule has 2 aromatic heterocycles. The van der Waals surface area contributed by atoms with Gasteiger partial charge in [0, 0.05) is 37.1 Å². The average Bonchev–Trinajstić information content (AvgIpc) is 3.59. The molecule has 1 saturated heterocycles. The number of Topliss-reactive ketones (excluding diaryl/α,β-unsaturated/α-hetero) is 1. The normalized spacial score (nSPS) is 20.1. The highest BCUT2D eigenvalue weighted by Crippen LogP contribution is 2.66. The molecule has 0 saturated carbocycles. The Bertz CT molecular complexity index is 2250. The summed E-state index contributed by atoms with van der Waals surface area (Å²) in [7, 11) is -15.6. The third kappa shape index (κ3) is 11.6. The van der Waals surface area contributed by atoms with Crippen LogP contribution in [0.5, 0.6) is 5.75 Å². The predicted molar refractivity (Wildman–Crippen MR) is 193 cm³/mol. The Morgan fingerprint density at radius 3 is 2.46 bits per heavy atom. The number of ether oxygens (including phenoxy) is 3. The Balaban J connectivity index is 1.64. The number of anilines is 1. The molecule has 1 aliphatic heterocycles. The fraction of sp³-hybridized carbons (Fsp3) is 0.500. The summed E-state index contributed by atoms with van der Waals surface area (Å²) in [6, 6.07) is 2.70. The number of aromatic amines is 1. The Hall–Kier alpha value is -3.84. The molecule has 3 heterocycles. The Morgan fingerprint density at radius 2 is 1.88 bits per heavy atom. The van der Waals surface area contributed by atoms with E-state index >= 15 is 0 Å². The Labute approximate surface area is 317 Å². The number of ketones is 1. The highest BCUT2D eigenvalue weighted by atomic mass is 31.3. The van der Waals surface area contributed by atoms with Crippen molar-refractivity contribution < 1.29 is 75.4 Å². The number of nitro groups is 1. The number of phosphoric acid groups is 3.